The first-order valence-electron chi connectivity index (χ1n) is 8.29. The minimum atomic E-state index is -0.675. The van der Waals surface area contributed by atoms with Gasteiger partial charge in [-0.25, -0.2) is 0 Å². The Kier molecular flexibility index (Phi) is 4.86. The lowest BCUT2D eigenvalue weighted by atomic mass is 10.00. The molecule has 2 aromatic carbocycles. The van der Waals surface area contributed by atoms with E-state index in [2.05, 4.69) is 22.8 Å². The molecule has 2 amide bonds. The van der Waals surface area contributed by atoms with Crippen LogP contribution in [0.4, 0.5) is 5.69 Å². The van der Waals surface area contributed by atoms with Gasteiger partial charge in [-0.15, -0.1) is 0 Å². The van der Waals surface area contributed by atoms with Gasteiger partial charge in [-0.3, -0.25) is 9.59 Å². The van der Waals surface area contributed by atoms with Gasteiger partial charge in [-0.1, -0.05) is 42.0 Å². The van der Waals surface area contributed by atoms with Crippen LogP contribution < -0.4 is 10.6 Å². The predicted octanol–water partition coefficient (Wildman–Crippen LogP) is 2.23. The van der Waals surface area contributed by atoms with E-state index in [4.69, 9.17) is 4.74 Å². The number of anilines is 1. The summed E-state index contributed by atoms with van der Waals surface area (Å²) in [6.45, 7) is 2.25. The maximum Gasteiger partial charge on any atom is 0.313 e. The van der Waals surface area contributed by atoms with Gasteiger partial charge in [-0.2, -0.15) is 0 Å². The van der Waals surface area contributed by atoms with E-state index >= 15 is 0 Å². The van der Waals surface area contributed by atoms with Gasteiger partial charge in [0.2, 0.25) is 0 Å². The minimum absolute atomic E-state index is 0.290. The molecule has 5 nitrogen and oxygen atoms in total. The monoisotopic (exact) mass is 338 g/mol. The molecule has 25 heavy (non-hydrogen) atoms. The van der Waals surface area contributed by atoms with Crippen molar-refractivity contribution in [1.29, 1.82) is 0 Å². The average Bonchev–Trinajstić information content (AvgIpc) is 3.01. The van der Waals surface area contributed by atoms with Crippen LogP contribution >= 0.6 is 0 Å². The van der Waals surface area contributed by atoms with E-state index in [-0.39, 0.29) is 0 Å². The van der Waals surface area contributed by atoms with Crippen LogP contribution in [-0.2, 0) is 27.2 Å². The van der Waals surface area contributed by atoms with E-state index in [1.54, 1.807) is 19.2 Å². The predicted molar refractivity (Wildman–Crippen MR) is 96.4 cm³/mol. The van der Waals surface area contributed by atoms with Crippen molar-refractivity contribution < 1.29 is 14.3 Å². The molecule has 0 heterocycles. The zero-order valence-corrected chi connectivity index (χ0v) is 14.5. The van der Waals surface area contributed by atoms with E-state index in [0.29, 0.717) is 12.2 Å². The van der Waals surface area contributed by atoms with E-state index < -0.39 is 17.4 Å². The highest BCUT2D eigenvalue weighted by Gasteiger charge is 2.37. The summed E-state index contributed by atoms with van der Waals surface area (Å²) in [5, 5.41) is 5.31. The quantitative estimate of drug-likeness (QED) is 0.840. The third kappa shape index (κ3) is 3.88. The zero-order valence-electron chi connectivity index (χ0n) is 14.5. The molecule has 3 rings (SSSR count). The first-order chi connectivity index (χ1) is 12.0. The Balaban J connectivity index is 1.58. The van der Waals surface area contributed by atoms with Crippen LogP contribution in [0.25, 0.3) is 0 Å². The number of amides is 2. The Morgan fingerprint density at radius 1 is 1.00 bits per heavy atom. The highest BCUT2D eigenvalue weighted by atomic mass is 16.5. The van der Waals surface area contributed by atoms with Crippen molar-refractivity contribution in [2.75, 3.05) is 19.0 Å². The normalized spacial score (nSPS) is 14.6. The highest BCUT2D eigenvalue weighted by molar-refractivity contribution is 6.39. The van der Waals surface area contributed by atoms with Crippen molar-refractivity contribution >= 4 is 17.5 Å². The van der Waals surface area contributed by atoms with Crippen molar-refractivity contribution in [3.63, 3.8) is 0 Å². The van der Waals surface area contributed by atoms with Crippen LogP contribution in [0.1, 0.15) is 16.7 Å². The van der Waals surface area contributed by atoms with Crippen LogP contribution in [-0.4, -0.2) is 31.1 Å². The number of benzene rings is 2. The van der Waals surface area contributed by atoms with Gasteiger partial charge in [0.25, 0.3) is 0 Å². The van der Waals surface area contributed by atoms with Crippen LogP contribution in [0.3, 0.4) is 0 Å². The summed E-state index contributed by atoms with van der Waals surface area (Å²) in [5.41, 5.74) is 3.64. The van der Waals surface area contributed by atoms with Gasteiger partial charge in [0.15, 0.2) is 0 Å². The molecular formula is C20H22N2O3. The maximum atomic E-state index is 12.1. The van der Waals surface area contributed by atoms with E-state index in [1.807, 2.05) is 31.2 Å². The summed E-state index contributed by atoms with van der Waals surface area (Å²) in [7, 11) is 1.64. The van der Waals surface area contributed by atoms with Crippen molar-refractivity contribution in [3.05, 3.63) is 65.2 Å². The van der Waals surface area contributed by atoms with Gasteiger partial charge in [-0.05, 0) is 30.2 Å². The number of hydrogen-bond donors (Lipinski definition) is 2. The molecule has 0 spiro atoms. The second-order valence-electron chi connectivity index (χ2n) is 6.51. The lowest BCUT2D eigenvalue weighted by Crippen LogP contribution is -2.48. The van der Waals surface area contributed by atoms with Crippen LogP contribution in [0.15, 0.2) is 48.5 Å². The summed E-state index contributed by atoms with van der Waals surface area (Å²) < 4.78 is 5.70. The summed E-state index contributed by atoms with van der Waals surface area (Å²) in [5.74, 6) is -1.33. The number of carbonyl (C=O) groups excluding carboxylic acids is 2. The lowest BCUT2D eigenvalue weighted by Gasteiger charge is -2.27. The Morgan fingerprint density at radius 3 is 2.16 bits per heavy atom. The molecule has 2 N–H and O–H groups in total. The molecule has 0 bridgehead atoms. The van der Waals surface area contributed by atoms with Crippen LogP contribution in [0.2, 0.25) is 0 Å². The number of rotatable bonds is 4. The number of fused-ring (bicyclic) bond motifs is 1. The molecule has 5 heteroatoms. The van der Waals surface area contributed by atoms with Crippen molar-refractivity contribution in [3.8, 4) is 0 Å². The van der Waals surface area contributed by atoms with Gasteiger partial charge in [0, 0.05) is 32.2 Å². The molecule has 0 saturated heterocycles. The van der Waals surface area contributed by atoms with Crippen molar-refractivity contribution in [2.45, 2.75) is 25.4 Å². The second kappa shape index (κ2) is 7.07. The summed E-state index contributed by atoms with van der Waals surface area (Å²) in [4.78, 5) is 24.2. The van der Waals surface area contributed by atoms with Gasteiger partial charge in [0.1, 0.15) is 0 Å². The SMILES string of the molecule is COC1(CNC(=O)C(=O)Nc2ccc(C)cc2)Cc2ccccc2C1. The number of nitrogens with one attached hydrogen (secondary N) is 2. The first kappa shape index (κ1) is 17.2. The van der Waals surface area contributed by atoms with Crippen molar-refractivity contribution in [2.24, 2.45) is 0 Å². The summed E-state index contributed by atoms with van der Waals surface area (Å²) >= 11 is 0. The summed E-state index contributed by atoms with van der Waals surface area (Å²) in [6, 6.07) is 15.4. The van der Waals surface area contributed by atoms with Crippen molar-refractivity contribution in [1.82, 2.24) is 5.32 Å². The van der Waals surface area contributed by atoms with E-state index in [9.17, 15) is 9.59 Å². The standard InChI is InChI=1S/C20H22N2O3/c1-14-7-9-17(10-8-14)22-19(24)18(23)21-13-20(25-2)11-15-5-3-4-6-16(15)12-20/h3-10H,11-13H2,1-2H3,(H,21,23)(H,22,24). The first-order valence-corrected chi connectivity index (χ1v) is 8.29. The smallest absolute Gasteiger partial charge is 0.313 e. The molecule has 1 aliphatic rings. The number of hydrogen-bond acceptors (Lipinski definition) is 3. The molecule has 0 radical (unpaired) electrons. The number of methoxy groups -OCH3 is 1. The number of aryl methyl sites for hydroxylation is 1. The van der Waals surface area contributed by atoms with Crippen LogP contribution in [0.5, 0.6) is 0 Å². The Hall–Kier alpha value is -2.66. The molecule has 0 unspecified atom stereocenters. The third-order valence-electron chi connectivity index (χ3n) is 4.66. The van der Waals surface area contributed by atoms with Crippen LogP contribution in [0, 0.1) is 6.92 Å². The zero-order chi connectivity index (χ0) is 17.9. The Morgan fingerprint density at radius 2 is 1.60 bits per heavy atom. The molecule has 0 atom stereocenters. The van der Waals surface area contributed by atoms with Gasteiger partial charge < -0.3 is 15.4 Å². The summed E-state index contributed by atoms with van der Waals surface area (Å²) in [6.07, 6.45) is 1.44. The fraction of sp³-hybridized carbons (Fsp3) is 0.300. The average molecular weight is 338 g/mol. The fourth-order valence-electron chi connectivity index (χ4n) is 3.15. The topological polar surface area (TPSA) is 67.4 Å². The van der Waals surface area contributed by atoms with Gasteiger partial charge in [0.05, 0.1) is 5.60 Å². The third-order valence-corrected chi connectivity index (χ3v) is 4.66. The molecule has 0 aromatic heterocycles. The lowest BCUT2D eigenvalue weighted by molar-refractivity contribution is -0.137. The molecule has 130 valence electrons. The highest BCUT2D eigenvalue weighted by Crippen LogP contribution is 2.32. The largest absolute Gasteiger partial charge is 0.376 e. The Bertz CT molecular complexity index is 759. The van der Waals surface area contributed by atoms with E-state index in [0.717, 1.165) is 18.4 Å². The molecule has 0 fully saturated rings. The molecule has 1 aliphatic carbocycles. The number of carbonyl (C=O) groups is 2. The second-order valence-corrected chi connectivity index (χ2v) is 6.51. The maximum absolute atomic E-state index is 12.1. The molecule has 2 aromatic rings. The molecular weight excluding hydrogens is 316 g/mol. The Labute approximate surface area is 147 Å². The molecule has 0 aliphatic heterocycles. The van der Waals surface area contributed by atoms with Gasteiger partial charge >= 0.3 is 11.8 Å². The number of ether oxygens (including phenoxy) is 1. The fourth-order valence-corrected chi connectivity index (χ4v) is 3.15. The molecule has 0 saturated carbocycles. The van der Waals surface area contributed by atoms with E-state index in [1.165, 1.54) is 11.1 Å². The minimum Gasteiger partial charge on any atom is -0.376 e.